The number of hydrogen-bond acceptors (Lipinski definition) is 4. The number of anilines is 1. The molecule has 0 aliphatic heterocycles. The Bertz CT molecular complexity index is 839. The zero-order valence-electron chi connectivity index (χ0n) is 14.2. The lowest BCUT2D eigenvalue weighted by atomic mass is 10.0. The molecule has 0 aliphatic carbocycles. The summed E-state index contributed by atoms with van der Waals surface area (Å²) < 4.78 is 0. The largest absolute Gasteiger partial charge is 0.340 e. The summed E-state index contributed by atoms with van der Waals surface area (Å²) >= 11 is 6.01. The highest BCUT2D eigenvalue weighted by molar-refractivity contribution is 6.33. The number of non-ortho nitro benzene ring substituents is 1. The Morgan fingerprint density at radius 3 is 2.42 bits per heavy atom. The number of nitro benzene ring substituents is 1. The van der Waals surface area contributed by atoms with Crippen LogP contribution in [-0.4, -0.2) is 22.8 Å². The van der Waals surface area contributed by atoms with Gasteiger partial charge in [-0.2, -0.15) is 0 Å². The van der Waals surface area contributed by atoms with E-state index in [1.807, 2.05) is 0 Å². The number of nitrogens with one attached hydrogen (secondary N) is 2. The van der Waals surface area contributed by atoms with Crippen molar-refractivity contribution < 1.29 is 14.5 Å². The van der Waals surface area contributed by atoms with Crippen LogP contribution in [0.2, 0.25) is 5.02 Å². The van der Waals surface area contributed by atoms with E-state index >= 15 is 0 Å². The van der Waals surface area contributed by atoms with Crippen LogP contribution in [0.5, 0.6) is 0 Å². The first kappa shape index (κ1) is 19.4. The number of halogens is 1. The number of rotatable bonds is 6. The number of nitrogens with zero attached hydrogens (tertiary/aromatic N) is 1. The second kappa shape index (κ2) is 8.44. The lowest BCUT2D eigenvalue weighted by Gasteiger charge is -2.22. The normalized spacial score (nSPS) is 11.7. The minimum Gasteiger partial charge on any atom is -0.340 e. The maximum atomic E-state index is 12.6. The molecule has 136 valence electrons. The van der Waals surface area contributed by atoms with Crippen molar-refractivity contribution in [3.63, 3.8) is 0 Å². The first-order chi connectivity index (χ1) is 12.3. The molecule has 0 fully saturated rings. The van der Waals surface area contributed by atoms with E-state index in [0.717, 1.165) is 0 Å². The van der Waals surface area contributed by atoms with Crippen molar-refractivity contribution in [2.45, 2.75) is 19.9 Å². The van der Waals surface area contributed by atoms with Gasteiger partial charge in [-0.25, -0.2) is 0 Å². The Balaban J connectivity index is 2.15. The van der Waals surface area contributed by atoms with Gasteiger partial charge in [-0.1, -0.05) is 43.6 Å². The molecule has 0 saturated heterocycles. The number of carbonyl (C=O) groups excluding carboxylic acids is 2. The molecule has 0 saturated carbocycles. The number of amides is 2. The van der Waals surface area contributed by atoms with Crippen LogP contribution in [0.25, 0.3) is 0 Å². The van der Waals surface area contributed by atoms with Crippen LogP contribution in [0.4, 0.5) is 11.4 Å². The maximum Gasteiger partial charge on any atom is 0.271 e. The predicted octanol–water partition coefficient (Wildman–Crippen LogP) is 3.64. The average Bonchev–Trinajstić information content (AvgIpc) is 2.59. The summed E-state index contributed by atoms with van der Waals surface area (Å²) in [5.41, 5.74) is 0.411. The highest BCUT2D eigenvalue weighted by Crippen LogP contribution is 2.19. The maximum absolute atomic E-state index is 12.6. The number of nitro groups is 1. The van der Waals surface area contributed by atoms with Gasteiger partial charge in [0, 0.05) is 17.8 Å². The smallest absolute Gasteiger partial charge is 0.271 e. The fourth-order valence-electron chi connectivity index (χ4n) is 2.32. The number of carbonyl (C=O) groups is 2. The lowest BCUT2D eigenvalue weighted by molar-refractivity contribution is -0.384. The third-order valence-electron chi connectivity index (χ3n) is 3.68. The van der Waals surface area contributed by atoms with Gasteiger partial charge in [-0.3, -0.25) is 19.7 Å². The molecule has 8 heteroatoms. The molecule has 2 amide bonds. The average molecular weight is 376 g/mol. The van der Waals surface area contributed by atoms with Crippen LogP contribution in [0, 0.1) is 16.0 Å². The van der Waals surface area contributed by atoms with E-state index in [2.05, 4.69) is 10.6 Å². The van der Waals surface area contributed by atoms with Crippen molar-refractivity contribution in [2.24, 2.45) is 5.92 Å². The van der Waals surface area contributed by atoms with Crippen molar-refractivity contribution >= 4 is 34.8 Å². The molecular weight excluding hydrogens is 358 g/mol. The van der Waals surface area contributed by atoms with Gasteiger partial charge in [0.05, 0.1) is 15.5 Å². The van der Waals surface area contributed by atoms with E-state index in [-0.39, 0.29) is 27.9 Å². The van der Waals surface area contributed by atoms with E-state index in [1.165, 1.54) is 24.3 Å². The topological polar surface area (TPSA) is 101 Å². The molecule has 2 rings (SSSR count). The zero-order valence-corrected chi connectivity index (χ0v) is 15.0. The van der Waals surface area contributed by atoms with E-state index in [9.17, 15) is 19.7 Å². The van der Waals surface area contributed by atoms with Crippen molar-refractivity contribution in [3.05, 3.63) is 69.2 Å². The van der Waals surface area contributed by atoms with Gasteiger partial charge in [0.15, 0.2) is 0 Å². The van der Waals surface area contributed by atoms with Gasteiger partial charge in [-0.15, -0.1) is 0 Å². The predicted molar refractivity (Wildman–Crippen MR) is 99.3 cm³/mol. The van der Waals surface area contributed by atoms with Gasteiger partial charge in [-0.05, 0) is 24.1 Å². The van der Waals surface area contributed by atoms with Crippen LogP contribution >= 0.6 is 11.6 Å². The molecule has 1 unspecified atom stereocenters. The van der Waals surface area contributed by atoms with Gasteiger partial charge < -0.3 is 10.6 Å². The standard InChI is InChI=1S/C18H18ClN3O4/c1-11(2)16(21-17(23)14-8-3-4-9-15(14)19)18(24)20-12-6-5-7-13(10-12)22(25)26/h3-11,16H,1-2H3,(H,20,24)(H,21,23). The Morgan fingerprint density at radius 1 is 1.12 bits per heavy atom. The molecule has 2 N–H and O–H groups in total. The fourth-order valence-corrected chi connectivity index (χ4v) is 2.54. The van der Waals surface area contributed by atoms with Crippen molar-refractivity contribution in [2.75, 3.05) is 5.32 Å². The van der Waals surface area contributed by atoms with Crippen LogP contribution in [0.15, 0.2) is 48.5 Å². The molecule has 0 bridgehead atoms. The van der Waals surface area contributed by atoms with Crippen LogP contribution in [-0.2, 0) is 4.79 Å². The molecule has 0 radical (unpaired) electrons. The molecule has 0 aromatic heterocycles. The second-order valence-electron chi connectivity index (χ2n) is 5.97. The van der Waals surface area contributed by atoms with E-state index in [4.69, 9.17) is 11.6 Å². The minimum absolute atomic E-state index is 0.135. The van der Waals surface area contributed by atoms with Crippen LogP contribution < -0.4 is 10.6 Å². The van der Waals surface area contributed by atoms with Crippen LogP contribution in [0.1, 0.15) is 24.2 Å². The first-order valence-electron chi connectivity index (χ1n) is 7.90. The Hall–Kier alpha value is -2.93. The number of benzene rings is 2. The molecule has 7 nitrogen and oxygen atoms in total. The highest BCUT2D eigenvalue weighted by atomic mass is 35.5. The van der Waals surface area contributed by atoms with Crippen molar-refractivity contribution in [1.29, 1.82) is 0 Å². The summed E-state index contributed by atoms with van der Waals surface area (Å²) in [5.74, 6) is -1.15. The summed E-state index contributed by atoms with van der Waals surface area (Å²) in [6, 6.07) is 11.3. The van der Waals surface area contributed by atoms with E-state index in [0.29, 0.717) is 0 Å². The van der Waals surface area contributed by atoms with Crippen LogP contribution in [0.3, 0.4) is 0 Å². The summed E-state index contributed by atoms with van der Waals surface area (Å²) in [7, 11) is 0. The van der Waals surface area contributed by atoms with E-state index in [1.54, 1.807) is 38.1 Å². The molecule has 26 heavy (non-hydrogen) atoms. The zero-order chi connectivity index (χ0) is 19.3. The minimum atomic E-state index is -0.835. The van der Waals surface area contributed by atoms with Gasteiger partial charge >= 0.3 is 0 Å². The molecule has 0 spiro atoms. The molecule has 0 heterocycles. The molecule has 0 aliphatic rings. The quantitative estimate of drug-likeness (QED) is 0.594. The Labute approximate surface area is 155 Å². The third kappa shape index (κ3) is 4.80. The SMILES string of the molecule is CC(C)C(NC(=O)c1ccccc1Cl)C(=O)Nc1cccc([N+](=O)[O-])c1. The third-order valence-corrected chi connectivity index (χ3v) is 4.01. The van der Waals surface area contributed by atoms with Crippen molar-refractivity contribution in [1.82, 2.24) is 5.32 Å². The van der Waals surface area contributed by atoms with Gasteiger partial charge in [0.1, 0.15) is 6.04 Å². The molecule has 2 aromatic carbocycles. The molecule has 2 aromatic rings. The molecule has 1 atom stereocenters. The Kier molecular flexibility index (Phi) is 6.30. The van der Waals surface area contributed by atoms with Crippen molar-refractivity contribution in [3.8, 4) is 0 Å². The monoisotopic (exact) mass is 375 g/mol. The summed E-state index contributed by atoms with van der Waals surface area (Å²) in [6.45, 7) is 3.56. The number of hydrogen-bond donors (Lipinski definition) is 2. The summed E-state index contributed by atoms with van der Waals surface area (Å²) in [6.07, 6.45) is 0. The second-order valence-corrected chi connectivity index (χ2v) is 6.38. The van der Waals surface area contributed by atoms with Gasteiger partial charge in [0.2, 0.25) is 5.91 Å². The first-order valence-corrected chi connectivity index (χ1v) is 8.28. The lowest BCUT2D eigenvalue weighted by Crippen LogP contribution is -2.47. The Morgan fingerprint density at radius 2 is 1.81 bits per heavy atom. The molecular formula is C18H18ClN3O4. The fraction of sp³-hybridized carbons (Fsp3) is 0.222. The van der Waals surface area contributed by atoms with Gasteiger partial charge in [0.25, 0.3) is 11.6 Å². The summed E-state index contributed by atoms with van der Waals surface area (Å²) in [4.78, 5) is 35.3. The van der Waals surface area contributed by atoms with E-state index < -0.39 is 22.8 Å². The highest BCUT2D eigenvalue weighted by Gasteiger charge is 2.25. The summed E-state index contributed by atoms with van der Waals surface area (Å²) in [5, 5.41) is 16.4.